The summed E-state index contributed by atoms with van der Waals surface area (Å²) < 4.78 is 27.3. The van der Waals surface area contributed by atoms with Crippen LogP contribution in [0.2, 0.25) is 5.02 Å². The van der Waals surface area contributed by atoms with Crippen LogP contribution in [0.3, 0.4) is 0 Å². The van der Waals surface area contributed by atoms with E-state index in [9.17, 15) is 8.42 Å². The molecule has 8 nitrogen and oxygen atoms in total. The third-order valence-electron chi connectivity index (χ3n) is 3.76. The zero-order valence-corrected chi connectivity index (χ0v) is 16.6. The van der Waals surface area contributed by atoms with E-state index in [0.717, 1.165) is 5.69 Å². The van der Waals surface area contributed by atoms with Crippen LogP contribution >= 0.6 is 11.6 Å². The summed E-state index contributed by atoms with van der Waals surface area (Å²) in [6.07, 6.45) is 3.37. The molecule has 0 fully saturated rings. The second kappa shape index (κ2) is 8.96. The predicted octanol–water partition coefficient (Wildman–Crippen LogP) is 2.97. The molecule has 146 valence electrons. The van der Waals surface area contributed by atoms with E-state index in [1.165, 1.54) is 6.07 Å². The summed E-state index contributed by atoms with van der Waals surface area (Å²) in [4.78, 5) is 4.19. The topological polar surface area (TPSA) is 109 Å². The predicted molar refractivity (Wildman–Crippen MR) is 109 cm³/mol. The van der Waals surface area contributed by atoms with E-state index in [1.807, 2.05) is 12.1 Å². The molecule has 0 amide bonds. The Bertz CT molecular complexity index is 1030. The summed E-state index contributed by atoms with van der Waals surface area (Å²) in [5.74, 6) is 1.12. The van der Waals surface area contributed by atoms with Crippen molar-refractivity contribution in [2.24, 2.45) is 0 Å². The Balaban J connectivity index is 1.50. The van der Waals surface area contributed by atoms with E-state index in [0.29, 0.717) is 28.8 Å². The van der Waals surface area contributed by atoms with Gasteiger partial charge in [0.15, 0.2) is 5.82 Å². The van der Waals surface area contributed by atoms with Crippen molar-refractivity contribution in [2.45, 2.75) is 11.8 Å². The summed E-state index contributed by atoms with van der Waals surface area (Å²) >= 11 is 5.90. The van der Waals surface area contributed by atoms with Crippen LogP contribution in [-0.2, 0) is 10.0 Å². The molecule has 0 saturated carbocycles. The molecule has 0 unspecified atom stereocenters. The van der Waals surface area contributed by atoms with Crippen molar-refractivity contribution < 1.29 is 8.42 Å². The van der Waals surface area contributed by atoms with Crippen molar-refractivity contribution >= 4 is 38.9 Å². The molecule has 0 aliphatic heterocycles. The average molecular weight is 419 g/mol. The fourth-order valence-electron chi connectivity index (χ4n) is 2.39. The molecule has 0 radical (unpaired) electrons. The third kappa shape index (κ3) is 5.38. The van der Waals surface area contributed by atoms with Gasteiger partial charge in [-0.2, -0.15) is 0 Å². The Morgan fingerprint density at radius 1 is 1.04 bits per heavy atom. The average Bonchev–Trinajstić information content (AvgIpc) is 2.69. The first-order valence-corrected chi connectivity index (χ1v) is 10.3. The lowest BCUT2D eigenvalue weighted by Crippen LogP contribution is -2.29. The fraction of sp³-hybridized carbons (Fsp3) is 0.167. The summed E-state index contributed by atoms with van der Waals surface area (Å²) in [6, 6.07) is 12.0. The highest BCUT2D eigenvalue weighted by Crippen LogP contribution is 2.19. The van der Waals surface area contributed by atoms with Crippen molar-refractivity contribution in [1.29, 1.82) is 0 Å². The van der Waals surface area contributed by atoms with E-state index >= 15 is 0 Å². The Morgan fingerprint density at radius 3 is 2.54 bits per heavy atom. The molecule has 3 N–H and O–H groups in total. The first kappa shape index (κ1) is 20.0. The maximum Gasteiger partial charge on any atom is 0.240 e. The summed E-state index contributed by atoms with van der Waals surface area (Å²) in [5, 5.41) is 14.6. The van der Waals surface area contributed by atoms with E-state index < -0.39 is 10.0 Å². The second-order valence-electron chi connectivity index (χ2n) is 5.90. The molecule has 2 heterocycles. The van der Waals surface area contributed by atoms with Crippen LogP contribution in [0.5, 0.6) is 0 Å². The van der Waals surface area contributed by atoms with Crippen LogP contribution < -0.4 is 15.4 Å². The standard InChI is InChI=1S/C18H19ClN6O2S/c1-13-4-5-14(19)11-16(13)28(26,27)22-10-9-21-17-6-7-18(25-24-17)23-15-3-2-8-20-12-15/h2-8,11-12,22H,9-10H2,1H3,(H,21,24)(H,23,25). The van der Waals surface area contributed by atoms with E-state index in [-0.39, 0.29) is 11.4 Å². The Morgan fingerprint density at radius 2 is 1.82 bits per heavy atom. The number of nitrogens with one attached hydrogen (secondary N) is 3. The molecule has 3 aromatic rings. The van der Waals surface area contributed by atoms with Crippen molar-refractivity contribution in [3.05, 3.63) is 65.4 Å². The van der Waals surface area contributed by atoms with Gasteiger partial charge in [-0.05, 0) is 48.9 Å². The van der Waals surface area contributed by atoms with Crippen molar-refractivity contribution in [2.75, 3.05) is 23.7 Å². The Labute approximate surface area is 168 Å². The Hall–Kier alpha value is -2.75. The van der Waals surface area contributed by atoms with Crippen LogP contribution in [0.25, 0.3) is 0 Å². The lowest BCUT2D eigenvalue weighted by Gasteiger charge is -2.10. The minimum absolute atomic E-state index is 0.172. The van der Waals surface area contributed by atoms with Crippen molar-refractivity contribution in [1.82, 2.24) is 19.9 Å². The number of nitrogens with zero attached hydrogens (tertiary/aromatic N) is 3. The van der Waals surface area contributed by atoms with Gasteiger partial charge in [0, 0.05) is 24.3 Å². The number of pyridine rings is 1. The second-order valence-corrected chi connectivity index (χ2v) is 8.08. The van der Waals surface area contributed by atoms with Gasteiger partial charge in [0.05, 0.1) is 16.8 Å². The maximum atomic E-state index is 12.4. The highest BCUT2D eigenvalue weighted by Gasteiger charge is 2.16. The SMILES string of the molecule is Cc1ccc(Cl)cc1S(=O)(=O)NCCNc1ccc(Nc2cccnc2)nn1. The van der Waals surface area contributed by atoms with E-state index in [1.54, 1.807) is 43.6 Å². The van der Waals surface area contributed by atoms with Crippen molar-refractivity contribution in [3.8, 4) is 0 Å². The summed E-state index contributed by atoms with van der Waals surface area (Å²) in [5.41, 5.74) is 1.44. The molecule has 0 spiro atoms. The lowest BCUT2D eigenvalue weighted by atomic mass is 10.2. The zero-order valence-electron chi connectivity index (χ0n) is 15.1. The van der Waals surface area contributed by atoms with Crippen molar-refractivity contribution in [3.63, 3.8) is 0 Å². The van der Waals surface area contributed by atoms with Gasteiger partial charge in [-0.3, -0.25) is 4.98 Å². The van der Waals surface area contributed by atoms with Gasteiger partial charge < -0.3 is 10.6 Å². The molecular formula is C18H19ClN6O2S. The fourth-order valence-corrected chi connectivity index (χ4v) is 3.93. The summed E-state index contributed by atoms with van der Waals surface area (Å²) in [6.45, 7) is 2.26. The minimum Gasteiger partial charge on any atom is -0.367 e. The van der Waals surface area contributed by atoms with E-state index in [2.05, 4.69) is 30.5 Å². The molecular weight excluding hydrogens is 400 g/mol. The number of hydrogen-bond acceptors (Lipinski definition) is 7. The lowest BCUT2D eigenvalue weighted by molar-refractivity contribution is 0.582. The van der Waals surface area contributed by atoms with Gasteiger partial charge in [-0.15, -0.1) is 10.2 Å². The molecule has 0 atom stereocenters. The maximum absolute atomic E-state index is 12.4. The number of sulfonamides is 1. The number of rotatable bonds is 8. The molecule has 0 bridgehead atoms. The van der Waals surface area contributed by atoms with Gasteiger partial charge in [0.2, 0.25) is 10.0 Å². The zero-order chi connectivity index (χ0) is 20.0. The number of aryl methyl sites for hydroxylation is 1. The van der Waals surface area contributed by atoms with Crippen LogP contribution in [0.15, 0.2) is 59.8 Å². The molecule has 2 aromatic heterocycles. The molecule has 1 aromatic carbocycles. The van der Waals surface area contributed by atoms with Crippen LogP contribution in [0.1, 0.15) is 5.56 Å². The Kier molecular flexibility index (Phi) is 6.40. The van der Waals surface area contributed by atoms with Gasteiger partial charge in [0.1, 0.15) is 5.82 Å². The van der Waals surface area contributed by atoms with Gasteiger partial charge in [-0.1, -0.05) is 17.7 Å². The van der Waals surface area contributed by atoms with Gasteiger partial charge in [-0.25, -0.2) is 13.1 Å². The normalized spacial score (nSPS) is 11.2. The molecule has 0 saturated heterocycles. The monoisotopic (exact) mass is 418 g/mol. The molecule has 28 heavy (non-hydrogen) atoms. The first-order chi connectivity index (χ1) is 13.4. The smallest absolute Gasteiger partial charge is 0.240 e. The molecule has 3 rings (SSSR count). The van der Waals surface area contributed by atoms with Gasteiger partial charge in [0.25, 0.3) is 0 Å². The van der Waals surface area contributed by atoms with Crippen LogP contribution in [0, 0.1) is 6.92 Å². The number of halogens is 1. The van der Waals surface area contributed by atoms with Crippen LogP contribution in [-0.4, -0.2) is 36.7 Å². The quantitative estimate of drug-likeness (QED) is 0.482. The van der Waals surface area contributed by atoms with E-state index in [4.69, 9.17) is 11.6 Å². The molecule has 0 aliphatic carbocycles. The largest absolute Gasteiger partial charge is 0.367 e. The molecule has 10 heteroatoms. The minimum atomic E-state index is -3.64. The highest BCUT2D eigenvalue weighted by molar-refractivity contribution is 7.89. The van der Waals surface area contributed by atoms with Crippen LogP contribution in [0.4, 0.5) is 17.3 Å². The van der Waals surface area contributed by atoms with Gasteiger partial charge >= 0.3 is 0 Å². The number of hydrogen-bond donors (Lipinski definition) is 3. The highest BCUT2D eigenvalue weighted by atomic mass is 35.5. The summed E-state index contributed by atoms with van der Waals surface area (Å²) in [7, 11) is -3.64. The number of benzene rings is 1. The first-order valence-electron chi connectivity index (χ1n) is 8.44. The number of anilines is 3. The third-order valence-corrected chi connectivity index (χ3v) is 5.60. The number of aromatic nitrogens is 3. The molecule has 0 aliphatic rings.